The maximum absolute atomic E-state index is 11.8. The first-order chi connectivity index (χ1) is 9.18. The number of hydrazone groups is 1. The molecular weight excluding hydrogens is 260 g/mol. The first kappa shape index (κ1) is 13.5. The van der Waals surface area contributed by atoms with E-state index < -0.39 is 12.0 Å². The van der Waals surface area contributed by atoms with E-state index in [0.29, 0.717) is 11.3 Å². The molecule has 0 fully saturated rings. The van der Waals surface area contributed by atoms with Gasteiger partial charge in [-0.3, -0.25) is 4.79 Å². The quantitative estimate of drug-likeness (QED) is 0.664. The highest BCUT2D eigenvalue weighted by molar-refractivity contribution is 7.12. The predicted octanol–water partition coefficient (Wildman–Crippen LogP) is 2.32. The van der Waals surface area contributed by atoms with Gasteiger partial charge in [0, 0.05) is 4.88 Å². The molecule has 1 aromatic heterocycles. The average molecular weight is 274 g/mol. The van der Waals surface area contributed by atoms with Gasteiger partial charge in [-0.05, 0) is 23.9 Å². The van der Waals surface area contributed by atoms with Crippen molar-refractivity contribution in [3.63, 3.8) is 0 Å². The lowest BCUT2D eigenvalue weighted by molar-refractivity contribution is -0.129. The van der Waals surface area contributed by atoms with E-state index in [1.165, 1.54) is 0 Å². The minimum atomic E-state index is -1.21. The molecule has 1 heterocycles. The summed E-state index contributed by atoms with van der Waals surface area (Å²) in [5, 5.41) is 15.8. The van der Waals surface area contributed by atoms with Crippen molar-refractivity contribution in [2.24, 2.45) is 5.10 Å². The first-order valence-corrected chi connectivity index (χ1v) is 6.67. The standard InChI is InChI=1S/C14H14N2O2S/c1-10(12-8-5-9-19-12)15-16-14(18)13(17)11-6-3-2-4-7-11/h2-9,13,17H,1H3,(H,16,18)/b15-10-/t13-/m1/s1. The minimum absolute atomic E-state index is 0.540. The summed E-state index contributed by atoms with van der Waals surface area (Å²) in [5.41, 5.74) is 3.63. The van der Waals surface area contributed by atoms with Gasteiger partial charge in [-0.2, -0.15) is 5.10 Å². The molecule has 1 atom stereocenters. The van der Waals surface area contributed by atoms with E-state index in [-0.39, 0.29) is 0 Å². The van der Waals surface area contributed by atoms with Crippen LogP contribution in [-0.2, 0) is 4.79 Å². The Hall–Kier alpha value is -1.98. The molecule has 1 aromatic carbocycles. The Morgan fingerprint density at radius 1 is 1.26 bits per heavy atom. The van der Waals surface area contributed by atoms with Crippen molar-refractivity contribution in [1.29, 1.82) is 0 Å². The van der Waals surface area contributed by atoms with Crippen LogP contribution >= 0.6 is 11.3 Å². The van der Waals surface area contributed by atoms with Gasteiger partial charge in [-0.25, -0.2) is 5.43 Å². The number of nitrogens with zero attached hydrogens (tertiary/aromatic N) is 1. The summed E-state index contributed by atoms with van der Waals surface area (Å²) in [5.74, 6) is -0.540. The van der Waals surface area contributed by atoms with Crippen LogP contribution in [0.25, 0.3) is 0 Å². The van der Waals surface area contributed by atoms with Gasteiger partial charge in [-0.1, -0.05) is 36.4 Å². The van der Waals surface area contributed by atoms with Gasteiger partial charge in [-0.15, -0.1) is 11.3 Å². The number of aliphatic hydroxyl groups is 1. The van der Waals surface area contributed by atoms with Crippen LogP contribution in [0.2, 0.25) is 0 Å². The normalized spacial score (nSPS) is 13.1. The lowest BCUT2D eigenvalue weighted by Crippen LogP contribution is -2.26. The Kier molecular flexibility index (Phi) is 4.43. The van der Waals surface area contributed by atoms with E-state index in [9.17, 15) is 9.90 Å². The molecule has 0 spiro atoms. The SMILES string of the molecule is C/C(=N/NC(=O)[C@H](O)c1ccccc1)c1cccs1. The van der Waals surface area contributed by atoms with Crippen LogP contribution in [0.15, 0.2) is 52.9 Å². The zero-order chi connectivity index (χ0) is 13.7. The van der Waals surface area contributed by atoms with E-state index >= 15 is 0 Å². The Bertz CT molecular complexity index is 564. The van der Waals surface area contributed by atoms with Crippen molar-refractivity contribution in [3.8, 4) is 0 Å². The molecule has 98 valence electrons. The number of carbonyl (C=O) groups is 1. The molecule has 2 rings (SSSR count). The van der Waals surface area contributed by atoms with Crippen LogP contribution in [0.1, 0.15) is 23.5 Å². The van der Waals surface area contributed by atoms with Crippen LogP contribution in [0, 0.1) is 0 Å². The summed E-state index contributed by atoms with van der Waals surface area (Å²) in [4.78, 5) is 12.7. The molecule has 0 aliphatic heterocycles. The van der Waals surface area contributed by atoms with E-state index in [1.54, 1.807) is 42.5 Å². The van der Waals surface area contributed by atoms with Crippen molar-refractivity contribution >= 4 is 23.0 Å². The molecule has 2 aromatic rings. The van der Waals surface area contributed by atoms with Crippen LogP contribution < -0.4 is 5.43 Å². The van der Waals surface area contributed by atoms with Gasteiger partial charge < -0.3 is 5.11 Å². The third-order valence-electron chi connectivity index (χ3n) is 2.58. The number of aliphatic hydroxyl groups excluding tert-OH is 1. The van der Waals surface area contributed by atoms with Gasteiger partial charge in [0.1, 0.15) is 0 Å². The van der Waals surface area contributed by atoms with Gasteiger partial charge in [0.2, 0.25) is 0 Å². The van der Waals surface area contributed by atoms with Crippen molar-refractivity contribution < 1.29 is 9.90 Å². The highest BCUT2D eigenvalue weighted by atomic mass is 32.1. The molecule has 2 N–H and O–H groups in total. The molecule has 0 unspecified atom stereocenters. The lowest BCUT2D eigenvalue weighted by Gasteiger charge is -2.09. The second-order valence-corrected chi connectivity index (χ2v) is 4.91. The van der Waals surface area contributed by atoms with Gasteiger partial charge in [0.15, 0.2) is 6.10 Å². The van der Waals surface area contributed by atoms with Crippen LogP contribution in [0.3, 0.4) is 0 Å². The topological polar surface area (TPSA) is 61.7 Å². The van der Waals surface area contributed by atoms with Crippen LogP contribution in [-0.4, -0.2) is 16.7 Å². The average Bonchev–Trinajstić information content (AvgIpc) is 2.98. The number of hydrogen-bond acceptors (Lipinski definition) is 4. The molecule has 5 heteroatoms. The fourth-order valence-corrected chi connectivity index (χ4v) is 2.20. The van der Waals surface area contributed by atoms with Gasteiger partial charge >= 0.3 is 0 Å². The Balaban J connectivity index is 2.00. The smallest absolute Gasteiger partial charge is 0.273 e. The van der Waals surface area contributed by atoms with Crippen LogP contribution in [0.4, 0.5) is 0 Å². The molecule has 4 nitrogen and oxygen atoms in total. The molecular formula is C14H14N2O2S. The maximum Gasteiger partial charge on any atom is 0.273 e. The number of rotatable bonds is 4. The van der Waals surface area contributed by atoms with E-state index in [1.807, 2.05) is 23.6 Å². The summed E-state index contributed by atoms with van der Waals surface area (Å²) in [6, 6.07) is 12.6. The monoisotopic (exact) mass is 274 g/mol. The number of carbonyl (C=O) groups excluding carboxylic acids is 1. The number of hydrogen-bond donors (Lipinski definition) is 2. The maximum atomic E-state index is 11.8. The Labute approximate surface area is 115 Å². The molecule has 0 saturated carbocycles. The highest BCUT2D eigenvalue weighted by Crippen LogP contribution is 2.12. The van der Waals surface area contributed by atoms with Crippen LogP contribution in [0.5, 0.6) is 0 Å². The molecule has 0 bridgehead atoms. The van der Waals surface area contributed by atoms with Gasteiger partial charge in [0.05, 0.1) is 5.71 Å². The second kappa shape index (κ2) is 6.26. The summed E-state index contributed by atoms with van der Waals surface area (Å²) >= 11 is 1.54. The highest BCUT2D eigenvalue weighted by Gasteiger charge is 2.16. The number of benzene rings is 1. The summed E-state index contributed by atoms with van der Waals surface area (Å²) in [6.45, 7) is 1.81. The second-order valence-electron chi connectivity index (χ2n) is 3.96. The molecule has 0 radical (unpaired) electrons. The fourth-order valence-electron chi connectivity index (χ4n) is 1.53. The van der Waals surface area contributed by atoms with Gasteiger partial charge in [0.25, 0.3) is 5.91 Å². The third-order valence-corrected chi connectivity index (χ3v) is 3.55. The summed E-state index contributed by atoms with van der Waals surface area (Å²) < 4.78 is 0. The lowest BCUT2D eigenvalue weighted by atomic mass is 10.1. The van der Waals surface area contributed by atoms with E-state index in [4.69, 9.17) is 0 Å². The zero-order valence-electron chi connectivity index (χ0n) is 10.4. The Morgan fingerprint density at radius 2 is 2.00 bits per heavy atom. The van der Waals surface area contributed by atoms with Crippen molar-refractivity contribution in [2.75, 3.05) is 0 Å². The van der Waals surface area contributed by atoms with E-state index in [0.717, 1.165) is 4.88 Å². The largest absolute Gasteiger partial charge is 0.378 e. The number of nitrogens with one attached hydrogen (secondary N) is 1. The summed E-state index contributed by atoms with van der Waals surface area (Å²) in [7, 11) is 0. The summed E-state index contributed by atoms with van der Waals surface area (Å²) in [6.07, 6.45) is -1.21. The molecule has 0 saturated heterocycles. The predicted molar refractivity (Wildman–Crippen MR) is 76.1 cm³/mol. The number of thiophene rings is 1. The molecule has 19 heavy (non-hydrogen) atoms. The van der Waals surface area contributed by atoms with Crippen molar-refractivity contribution in [3.05, 3.63) is 58.3 Å². The Morgan fingerprint density at radius 3 is 2.63 bits per heavy atom. The fraction of sp³-hybridized carbons (Fsp3) is 0.143. The van der Waals surface area contributed by atoms with E-state index in [2.05, 4.69) is 10.5 Å². The number of amides is 1. The van der Waals surface area contributed by atoms with Crippen molar-refractivity contribution in [1.82, 2.24) is 5.43 Å². The van der Waals surface area contributed by atoms with Crippen molar-refractivity contribution in [2.45, 2.75) is 13.0 Å². The first-order valence-electron chi connectivity index (χ1n) is 5.79. The minimum Gasteiger partial charge on any atom is -0.378 e. The molecule has 0 aliphatic carbocycles. The third kappa shape index (κ3) is 3.49. The zero-order valence-corrected chi connectivity index (χ0v) is 11.2. The molecule has 1 amide bonds. The molecule has 0 aliphatic rings.